The Morgan fingerprint density at radius 2 is 1.86 bits per heavy atom. The number of anilines is 1. The summed E-state index contributed by atoms with van der Waals surface area (Å²) < 4.78 is 0. The summed E-state index contributed by atoms with van der Waals surface area (Å²) in [6.45, 7) is 4.40. The van der Waals surface area contributed by atoms with Gasteiger partial charge in [-0.15, -0.1) is 0 Å². The molecule has 2 atom stereocenters. The predicted molar refractivity (Wildman–Crippen MR) is 110 cm³/mol. The van der Waals surface area contributed by atoms with Gasteiger partial charge in [-0.3, -0.25) is 9.69 Å². The van der Waals surface area contributed by atoms with Crippen molar-refractivity contribution >= 4 is 11.7 Å². The molecule has 3 N–H and O–H groups in total. The zero-order valence-electron chi connectivity index (χ0n) is 17.0. The predicted octanol–water partition coefficient (Wildman–Crippen LogP) is 0.865. The number of aromatic nitrogens is 1. The lowest BCUT2D eigenvalue weighted by molar-refractivity contribution is -0.136. The monoisotopic (exact) mass is 400 g/mol. The SMILES string of the molecule is O=C(N[C@H]1C2CC3CC1C[C@](O)(C3)C2)c1cccc(N2CCN(CCO)CC2)n1. The minimum absolute atomic E-state index is 0.0878. The Hall–Kier alpha value is -1.70. The molecule has 5 fully saturated rings. The number of nitrogens with one attached hydrogen (secondary N) is 1. The summed E-state index contributed by atoms with van der Waals surface area (Å²) in [5.41, 5.74) is 0.00134. The van der Waals surface area contributed by atoms with Crippen LogP contribution in [0.3, 0.4) is 0 Å². The number of carbonyl (C=O) groups excluding carboxylic acids is 1. The van der Waals surface area contributed by atoms with Crippen molar-refractivity contribution in [2.75, 3.05) is 44.2 Å². The van der Waals surface area contributed by atoms with Crippen LogP contribution in [0.1, 0.15) is 42.6 Å². The summed E-state index contributed by atoms with van der Waals surface area (Å²) in [6.07, 6.45) is 4.88. The molecule has 2 unspecified atom stereocenters. The average Bonchev–Trinajstić information content (AvgIpc) is 2.70. The van der Waals surface area contributed by atoms with Crippen molar-refractivity contribution in [3.05, 3.63) is 23.9 Å². The quantitative estimate of drug-likeness (QED) is 0.680. The molecule has 4 saturated carbocycles. The summed E-state index contributed by atoms with van der Waals surface area (Å²) >= 11 is 0. The van der Waals surface area contributed by atoms with Crippen molar-refractivity contribution in [1.29, 1.82) is 0 Å². The van der Waals surface area contributed by atoms with E-state index in [-0.39, 0.29) is 18.6 Å². The van der Waals surface area contributed by atoms with Gasteiger partial charge in [0.25, 0.3) is 5.91 Å². The number of amides is 1. The van der Waals surface area contributed by atoms with Crippen LogP contribution in [0.25, 0.3) is 0 Å². The molecule has 7 nitrogen and oxygen atoms in total. The Morgan fingerprint density at radius 3 is 2.52 bits per heavy atom. The smallest absolute Gasteiger partial charge is 0.270 e. The van der Waals surface area contributed by atoms with Crippen LogP contribution >= 0.6 is 0 Å². The van der Waals surface area contributed by atoms with E-state index < -0.39 is 5.60 Å². The van der Waals surface area contributed by atoms with E-state index in [1.807, 2.05) is 12.1 Å². The lowest BCUT2D eigenvalue weighted by Gasteiger charge is -2.58. The van der Waals surface area contributed by atoms with E-state index in [0.717, 1.165) is 64.1 Å². The van der Waals surface area contributed by atoms with Gasteiger partial charge in [-0.1, -0.05) is 6.07 Å². The third-order valence-corrected chi connectivity index (χ3v) is 7.62. The van der Waals surface area contributed by atoms with Crippen LogP contribution in [0, 0.1) is 17.8 Å². The highest BCUT2D eigenvalue weighted by molar-refractivity contribution is 5.93. The second-order valence-electron chi connectivity index (χ2n) is 9.63. The molecule has 7 heteroatoms. The Balaban J connectivity index is 1.24. The normalized spacial score (nSPS) is 36.4. The molecule has 1 saturated heterocycles. The molecule has 1 aliphatic heterocycles. The molecule has 4 aliphatic carbocycles. The molecule has 0 radical (unpaired) electrons. The highest BCUT2D eigenvalue weighted by Gasteiger charge is 2.55. The first-order valence-electron chi connectivity index (χ1n) is 11.1. The molecule has 1 amide bonds. The van der Waals surface area contributed by atoms with Gasteiger partial charge in [-0.25, -0.2) is 4.98 Å². The van der Waals surface area contributed by atoms with E-state index in [9.17, 15) is 9.90 Å². The number of β-amino-alcohol motifs (C(OH)–C–C–N with tert-alkyl or cyclic N) is 1. The summed E-state index contributed by atoms with van der Waals surface area (Å²) in [5.74, 6) is 2.20. The first-order valence-corrected chi connectivity index (χ1v) is 11.1. The van der Waals surface area contributed by atoms with Crippen LogP contribution in [0.5, 0.6) is 0 Å². The van der Waals surface area contributed by atoms with Crippen LogP contribution in [0.2, 0.25) is 0 Å². The van der Waals surface area contributed by atoms with Gasteiger partial charge in [0.15, 0.2) is 0 Å². The summed E-state index contributed by atoms with van der Waals surface area (Å²) in [6, 6.07) is 5.85. The number of nitrogens with zero attached hydrogens (tertiary/aromatic N) is 3. The van der Waals surface area contributed by atoms with E-state index in [2.05, 4.69) is 20.1 Å². The highest BCUT2D eigenvalue weighted by Crippen LogP contribution is 2.55. The summed E-state index contributed by atoms with van der Waals surface area (Å²) in [7, 11) is 0. The molecular formula is C22H32N4O3. The molecule has 0 spiro atoms. The molecule has 0 aromatic carbocycles. The van der Waals surface area contributed by atoms with E-state index in [0.29, 0.717) is 30.0 Å². The molecule has 5 aliphatic rings. The van der Waals surface area contributed by atoms with E-state index >= 15 is 0 Å². The van der Waals surface area contributed by atoms with Gasteiger partial charge >= 0.3 is 0 Å². The van der Waals surface area contributed by atoms with Crippen LogP contribution in [-0.2, 0) is 0 Å². The Kier molecular flexibility index (Phi) is 5.00. The van der Waals surface area contributed by atoms with Gasteiger partial charge in [0, 0.05) is 38.8 Å². The molecule has 1 aromatic rings. The minimum Gasteiger partial charge on any atom is -0.395 e. The first-order chi connectivity index (χ1) is 14.0. The Bertz CT molecular complexity index is 748. The van der Waals surface area contributed by atoms with Gasteiger partial charge in [-0.05, 0) is 62.0 Å². The number of hydrogen-bond acceptors (Lipinski definition) is 6. The molecule has 1 aromatic heterocycles. The molecule has 6 rings (SSSR count). The van der Waals surface area contributed by atoms with Crippen molar-refractivity contribution in [2.45, 2.75) is 43.7 Å². The number of piperazine rings is 1. The Morgan fingerprint density at radius 1 is 1.14 bits per heavy atom. The fourth-order valence-electron chi connectivity index (χ4n) is 6.51. The number of aliphatic hydroxyl groups excluding tert-OH is 1. The highest BCUT2D eigenvalue weighted by atomic mass is 16.3. The number of aliphatic hydroxyl groups is 2. The van der Waals surface area contributed by atoms with Gasteiger partial charge in [0.2, 0.25) is 0 Å². The maximum absolute atomic E-state index is 13.0. The van der Waals surface area contributed by atoms with Crippen LogP contribution in [0.15, 0.2) is 18.2 Å². The number of carbonyl (C=O) groups is 1. The summed E-state index contributed by atoms with van der Waals surface area (Å²) in [4.78, 5) is 22.1. The van der Waals surface area contributed by atoms with Crippen molar-refractivity contribution in [3.8, 4) is 0 Å². The van der Waals surface area contributed by atoms with Crippen molar-refractivity contribution in [3.63, 3.8) is 0 Å². The van der Waals surface area contributed by atoms with Crippen LogP contribution in [-0.4, -0.2) is 77.0 Å². The molecule has 158 valence electrons. The number of hydrogen-bond donors (Lipinski definition) is 3. The third kappa shape index (κ3) is 3.76. The third-order valence-electron chi connectivity index (χ3n) is 7.62. The number of pyridine rings is 1. The van der Waals surface area contributed by atoms with Crippen LogP contribution in [0.4, 0.5) is 5.82 Å². The maximum atomic E-state index is 13.0. The Labute approximate surface area is 172 Å². The van der Waals surface area contributed by atoms with E-state index in [4.69, 9.17) is 5.11 Å². The fraction of sp³-hybridized carbons (Fsp3) is 0.727. The van der Waals surface area contributed by atoms with E-state index in [1.165, 1.54) is 0 Å². The van der Waals surface area contributed by atoms with E-state index in [1.54, 1.807) is 6.07 Å². The topological polar surface area (TPSA) is 88.9 Å². The molecule has 29 heavy (non-hydrogen) atoms. The second kappa shape index (κ2) is 7.52. The van der Waals surface area contributed by atoms with Gasteiger partial charge in [-0.2, -0.15) is 0 Å². The first kappa shape index (κ1) is 19.3. The minimum atomic E-state index is -0.478. The maximum Gasteiger partial charge on any atom is 0.270 e. The zero-order chi connectivity index (χ0) is 20.0. The number of rotatable bonds is 5. The fourth-order valence-corrected chi connectivity index (χ4v) is 6.51. The van der Waals surface area contributed by atoms with Gasteiger partial charge < -0.3 is 20.4 Å². The molecular weight excluding hydrogens is 368 g/mol. The molecule has 2 heterocycles. The summed E-state index contributed by atoms with van der Waals surface area (Å²) in [5, 5.41) is 23.1. The largest absolute Gasteiger partial charge is 0.395 e. The second-order valence-corrected chi connectivity index (χ2v) is 9.63. The van der Waals surface area contributed by atoms with Gasteiger partial charge in [0.1, 0.15) is 11.5 Å². The standard InChI is InChI=1S/C22H32N4O3/c27-9-8-25-4-6-26(7-5-25)19-3-1-2-18(23-19)21(28)24-20-16-10-15-11-17(20)14-22(29,12-15)13-16/h1-3,15-17,20,27,29H,4-14H2,(H,24,28)/t15?,16?,17?,20-,22-. The van der Waals surface area contributed by atoms with Crippen molar-refractivity contribution in [1.82, 2.24) is 15.2 Å². The van der Waals surface area contributed by atoms with Crippen molar-refractivity contribution in [2.24, 2.45) is 17.8 Å². The molecule has 4 bridgehead atoms. The lowest BCUT2D eigenvalue weighted by Crippen LogP contribution is -2.61. The lowest BCUT2D eigenvalue weighted by atomic mass is 9.52. The van der Waals surface area contributed by atoms with Crippen molar-refractivity contribution < 1.29 is 15.0 Å². The van der Waals surface area contributed by atoms with Gasteiger partial charge in [0.05, 0.1) is 12.2 Å². The average molecular weight is 401 g/mol. The zero-order valence-corrected chi connectivity index (χ0v) is 17.0. The van der Waals surface area contributed by atoms with Crippen LogP contribution < -0.4 is 10.2 Å².